The van der Waals surface area contributed by atoms with E-state index in [1.54, 1.807) is 7.11 Å². The van der Waals surface area contributed by atoms with Gasteiger partial charge in [0, 0.05) is 13.2 Å². The van der Waals surface area contributed by atoms with Crippen molar-refractivity contribution in [3.63, 3.8) is 0 Å². The number of benzene rings is 1. The lowest BCUT2D eigenvalue weighted by atomic mass is 10.1. The summed E-state index contributed by atoms with van der Waals surface area (Å²) in [5, 5.41) is 0. The standard InChI is InChI=1S/C19H29NO4/c1-5-20(14(2)16-8-6-9-17(12-16)22-4)19(21)15(3)24-13-18-10-7-11-23-18/h6,8-9,12,14-15,18H,5,7,10-11,13H2,1-4H3. The van der Waals surface area contributed by atoms with Crippen molar-refractivity contribution in [1.82, 2.24) is 4.90 Å². The summed E-state index contributed by atoms with van der Waals surface area (Å²) in [7, 11) is 1.65. The Labute approximate surface area is 144 Å². The second-order valence-corrected chi connectivity index (χ2v) is 6.19. The molecule has 0 aromatic heterocycles. The van der Waals surface area contributed by atoms with E-state index < -0.39 is 6.10 Å². The van der Waals surface area contributed by atoms with Gasteiger partial charge in [-0.2, -0.15) is 0 Å². The van der Waals surface area contributed by atoms with Gasteiger partial charge in [-0.25, -0.2) is 0 Å². The molecule has 134 valence electrons. The number of carbonyl (C=O) groups is 1. The van der Waals surface area contributed by atoms with Crippen LogP contribution in [0.15, 0.2) is 24.3 Å². The smallest absolute Gasteiger partial charge is 0.251 e. The van der Waals surface area contributed by atoms with Crippen molar-refractivity contribution < 1.29 is 19.0 Å². The quantitative estimate of drug-likeness (QED) is 0.732. The molecule has 0 spiro atoms. The molecule has 24 heavy (non-hydrogen) atoms. The average molecular weight is 335 g/mol. The van der Waals surface area contributed by atoms with Crippen LogP contribution >= 0.6 is 0 Å². The Hall–Kier alpha value is -1.59. The molecule has 5 heteroatoms. The predicted octanol–water partition coefficient (Wildman–Crippen LogP) is 3.19. The topological polar surface area (TPSA) is 48.0 Å². The van der Waals surface area contributed by atoms with Crippen molar-refractivity contribution in [2.45, 2.75) is 51.9 Å². The molecule has 0 saturated carbocycles. The van der Waals surface area contributed by atoms with Crippen LogP contribution in [0.5, 0.6) is 5.75 Å². The van der Waals surface area contributed by atoms with E-state index >= 15 is 0 Å². The summed E-state index contributed by atoms with van der Waals surface area (Å²) >= 11 is 0. The number of rotatable bonds is 8. The number of hydrogen-bond acceptors (Lipinski definition) is 4. The van der Waals surface area contributed by atoms with Gasteiger partial charge >= 0.3 is 0 Å². The van der Waals surface area contributed by atoms with Crippen LogP contribution in [0, 0.1) is 0 Å². The Bertz CT molecular complexity index is 528. The van der Waals surface area contributed by atoms with E-state index in [0.29, 0.717) is 13.2 Å². The summed E-state index contributed by atoms with van der Waals surface area (Å²) in [4.78, 5) is 14.6. The fourth-order valence-corrected chi connectivity index (χ4v) is 3.03. The van der Waals surface area contributed by atoms with E-state index in [2.05, 4.69) is 0 Å². The first-order valence-corrected chi connectivity index (χ1v) is 8.74. The van der Waals surface area contributed by atoms with E-state index in [4.69, 9.17) is 14.2 Å². The normalized spacial score (nSPS) is 19.8. The van der Waals surface area contributed by atoms with E-state index in [1.165, 1.54) is 0 Å². The van der Waals surface area contributed by atoms with Crippen LogP contribution in [-0.4, -0.2) is 49.9 Å². The van der Waals surface area contributed by atoms with E-state index in [-0.39, 0.29) is 18.1 Å². The lowest BCUT2D eigenvalue weighted by Gasteiger charge is -2.31. The third-order valence-corrected chi connectivity index (χ3v) is 4.57. The Kier molecular flexibility index (Phi) is 7.06. The van der Waals surface area contributed by atoms with Crippen molar-refractivity contribution in [2.24, 2.45) is 0 Å². The number of amides is 1. The van der Waals surface area contributed by atoms with Crippen molar-refractivity contribution in [1.29, 1.82) is 0 Å². The van der Waals surface area contributed by atoms with Gasteiger partial charge in [0.2, 0.25) is 0 Å². The number of hydrogen-bond donors (Lipinski definition) is 0. The fraction of sp³-hybridized carbons (Fsp3) is 0.632. The van der Waals surface area contributed by atoms with Gasteiger partial charge in [0.05, 0.1) is 25.9 Å². The molecule has 5 nitrogen and oxygen atoms in total. The highest BCUT2D eigenvalue weighted by molar-refractivity contribution is 5.81. The molecule has 3 atom stereocenters. The second kappa shape index (κ2) is 9.04. The highest BCUT2D eigenvalue weighted by atomic mass is 16.5. The summed E-state index contributed by atoms with van der Waals surface area (Å²) in [6.45, 7) is 7.75. The van der Waals surface area contributed by atoms with Crippen LogP contribution in [0.25, 0.3) is 0 Å². The van der Waals surface area contributed by atoms with Gasteiger partial charge < -0.3 is 19.1 Å². The van der Waals surface area contributed by atoms with Crippen molar-refractivity contribution in [2.75, 3.05) is 26.9 Å². The highest BCUT2D eigenvalue weighted by Gasteiger charge is 2.26. The molecule has 1 fully saturated rings. The summed E-state index contributed by atoms with van der Waals surface area (Å²) in [6.07, 6.45) is 1.75. The Morgan fingerprint density at radius 3 is 2.83 bits per heavy atom. The minimum absolute atomic E-state index is 0.00539. The maximum absolute atomic E-state index is 12.8. The molecule has 1 aromatic rings. The molecule has 2 rings (SSSR count). The Morgan fingerprint density at radius 2 is 2.21 bits per heavy atom. The van der Waals surface area contributed by atoms with Gasteiger partial charge in [0.25, 0.3) is 5.91 Å². The number of ether oxygens (including phenoxy) is 3. The second-order valence-electron chi connectivity index (χ2n) is 6.19. The number of nitrogens with zero attached hydrogens (tertiary/aromatic N) is 1. The van der Waals surface area contributed by atoms with E-state index in [9.17, 15) is 4.79 Å². The summed E-state index contributed by atoms with van der Waals surface area (Å²) in [5.74, 6) is 0.802. The fourth-order valence-electron chi connectivity index (χ4n) is 3.03. The summed E-state index contributed by atoms with van der Waals surface area (Å²) < 4.78 is 16.6. The molecule has 3 unspecified atom stereocenters. The zero-order chi connectivity index (χ0) is 17.5. The zero-order valence-electron chi connectivity index (χ0n) is 15.2. The molecule has 1 aliphatic heterocycles. The first kappa shape index (κ1) is 18.7. The van der Waals surface area contributed by atoms with Gasteiger partial charge in [0.1, 0.15) is 11.9 Å². The van der Waals surface area contributed by atoms with Crippen LogP contribution in [-0.2, 0) is 14.3 Å². The molecule has 1 heterocycles. The molecular weight excluding hydrogens is 306 g/mol. The first-order valence-electron chi connectivity index (χ1n) is 8.74. The minimum Gasteiger partial charge on any atom is -0.497 e. The molecule has 1 aliphatic rings. The van der Waals surface area contributed by atoms with Crippen molar-refractivity contribution in [3.8, 4) is 5.75 Å². The average Bonchev–Trinajstić information content (AvgIpc) is 3.13. The predicted molar refractivity (Wildman–Crippen MR) is 93.2 cm³/mol. The van der Waals surface area contributed by atoms with Crippen LogP contribution < -0.4 is 4.74 Å². The van der Waals surface area contributed by atoms with Crippen LogP contribution in [0.3, 0.4) is 0 Å². The van der Waals surface area contributed by atoms with Crippen LogP contribution in [0.2, 0.25) is 0 Å². The van der Waals surface area contributed by atoms with Gasteiger partial charge in [-0.05, 0) is 51.3 Å². The molecular formula is C19H29NO4. The third kappa shape index (κ3) is 4.71. The molecule has 1 saturated heterocycles. The monoisotopic (exact) mass is 335 g/mol. The largest absolute Gasteiger partial charge is 0.497 e. The highest BCUT2D eigenvalue weighted by Crippen LogP contribution is 2.25. The van der Waals surface area contributed by atoms with E-state index in [0.717, 1.165) is 30.8 Å². The molecule has 1 aromatic carbocycles. The number of methoxy groups -OCH3 is 1. The number of carbonyl (C=O) groups excluding carboxylic acids is 1. The lowest BCUT2D eigenvalue weighted by Crippen LogP contribution is -2.41. The number of likely N-dealkylation sites (N-methyl/N-ethyl adjacent to an activating group) is 1. The van der Waals surface area contributed by atoms with Crippen LogP contribution in [0.1, 0.15) is 45.2 Å². The van der Waals surface area contributed by atoms with Gasteiger partial charge in [-0.1, -0.05) is 12.1 Å². The van der Waals surface area contributed by atoms with Crippen molar-refractivity contribution in [3.05, 3.63) is 29.8 Å². The maximum Gasteiger partial charge on any atom is 0.251 e. The van der Waals surface area contributed by atoms with Gasteiger partial charge in [0.15, 0.2) is 0 Å². The Balaban J connectivity index is 1.98. The minimum atomic E-state index is -0.470. The summed E-state index contributed by atoms with van der Waals surface area (Å²) in [5.41, 5.74) is 1.05. The van der Waals surface area contributed by atoms with Gasteiger partial charge in [-0.15, -0.1) is 0 Å². The van der Waals surface area contributed by atoms with Crippen LogP contribution in [0.4, 0.5) is 0 Å². The van der Waals surface area contributed by atoms with E-state index in [1.807, 2.05) is 49.9 Å². The Morgan fingerprint density at radius 1 is 1.42 bits per heavy atom. The SMILES string of the molecule is CCN(C(=O)C(C)OCC1CCCO1)C(C)c1cccc(OC)c1. The molecule has 0 N–H and O–H groups in total. The molecule has 0 radical (unpaired) electrons. The molecule has 0 aliphatic carbocycles. The lowest BCUT2D eigenvalue weighted by molar-refractivity contribution is -0.146. The van der Waals surface area contributed by atoms with Crippen molar-refractivity contribution >= 4 is 5.91 Å². The maximum atomic E-state index is 12.8. The third-order valence-electron chi connectivity index (χ3n) is 4.57. The zero-order valence-corrected chi connectivity index (χ0v) is 15.2. The molecule has 1 amide bonds. The van der Waals surface area contributed by atoms with Gasteiger partial charge in [-0.3, -0.25) is 4.79 Å². The first-order chi connectivity index (χ1) is 11.6. The summed E-state index contributed by atoms with van der Waals surface area (Å²) in [6, 6.07) is 7.80. The molecule has 0 bridgehead atoms.